The van der Waals surface area contributed by atoms with E-state index in [1.54, 1.807) is 0 Å². The molecule has 0 aromatic carbocycles. The first-order valence-electron chi connectivity index (χ1n) is 6.83. The van der Waals surface area contributed by atoms with Crippen LogP contribution in [0.2, 0.25) is 0 Å². The summed E-state index contributed by atoms with van der Waals surface area (Å²) in [7, 11) is 0. The summed E-state index contributed by atoms with van der Waals surface area (Å²) in [5.74, 6) is 1.12. The summed E-state index contributed by atoms with van der Waals surface area (Å²) in [5.41, 5.74) is 8.08. The summed E-state index contributed by atoms with van der Waals surface area (Å²) in [6.07, 6.45) is 8.40. The van der Waals surface area contributed by atoms with E-state index >= 15 is 0 Å². The zero-order valence-corrected chi connectivity index (χ0v) is 10.5. The van der Waals surface area contributed by atoms with Crippen LogP contribution in [0, 0.1) is 0 Å². The zero-order chi connectivity index (χ0) is 11.9. The number of nitrogens with zero attached hydrogens (tertiary/aromatic N) is 1. The van der Waals surface area contributed by atoms with Crippen LogP contribution in [0.3, 0.4) is 0 Å². The van der Waals surface area contributed by atoms with Crippen LogP contribution in [-0.2, 0) is 12.8 Å². The van der Waals surface area contributed by atoms with E-state index in [-0.39, 0.29) is 0 Å². The van der Waals surface area contributed by atoms with Crippen molar-refractivity contribution >= 4 is 5.82 Å². The van der Waals surface area contributed by atoms with Crippen LogP contribution in [0.4, 0.5) is 5.82 Å². The molecule has 0 spiro atoms. The third-order valence-electron chi connectivity index (χ3n) is 3.34. The number of unbranched alkanes of at least 4 members (excludes halogenated alkanes) is 3. The highest BCUT2D eigenvalue weighted by Gasteiger charge is 2.09. The van der Waals surface area contributed by atoms with Crippen molar-refractivity contribution in [1.82, 2.24) is 4.98 Å². The van der Waals surface area contributed by atoms with E-state index in [0.29, 0.717) is 0 Å². The van der Waals surface area contributed by atoms with Crippen molar-refractivity contribution in [2.45, 2.75) is 44.9 Å². The van der Waals surface area contributed by atoms with Gasteiger partial charge in [-0.05, 0) is 50.3 Å². The van der Waals surface area contributed by atoms with E-state index < -0.39 is 0 Å². The molecule has 1 aliphatic rings. The minimum absolute atomic E-state index is 0.820. The second-order valence-electron chi connectivity index (χ2n) is 4.79. The van der Waals surface area contributed by atoms with Crippen LogP contribution >= 0.6 is 0 Å². The topological polar surface area (TPSA) is 50.9 Å². The molecule has 2 rings (SSSR count). The second-order valence-corrected chi connectivity index (χ2v) is 4.79. The average Bonchev–Trinajstić information content (AvgIpc) is 2.38. The SMILES string of the molecule is NCCCCCCc1ccc2c(n1)NCCC2. The van der Waals surface area contributed by atoms with Gasteiger partial charge in [-0.25, -0.2) is 4.98 Å². The van der Waals surface area contributed by atoms with E-state index in [9.17, 15) is 0 Å². The molecule has 0 atom stereocenters. The lowest BCUT2D eigenvalue weighted by Gasteiger charge is -2.17. The van der Waals surface area contributed by atoms with Crippen molar-refractivity contribution in [1.29, 1.82) is 0 Å². The number of nitrogens with one attached hydrogen (secondary N) is 1. The van der Waals surface area contributed by atoms with Crippen molar-refractivity contribution < 1.29 is 0 Å². The Morgan fingerprint density at radius 1 is 1.18 bits per heavy atom. The van der Waals surface area contributed by atoms with Gasteiger partial charge in [-0.2, -0.15) is 0 Å². The first-order chi connectivity index (χ1) is 8.40. The van der Waals surface area contributed by atoms with E-state index in [0.717, 1.165) is 31.7 Å². The highest BCUT2D eigenvalue weighted by atomic mass is 15.0. The van der Waals surface area contributed by atoms with Gasteiger partial charge in [0.25, 0.3) is 0 Å². The maximum Gasteiger partial charge on any atom is 0.129 e. The normalized spacial score (nSPS) is 14.2. The number of nitrogens with two attached hydrogens (primary N) is 1. The lowest BCUT2D eigenvalue weighted by Crippen LogP contribution is -2.13. The van der Waals surface area contributed by atoms with Crippen LogP contribution in [-0.4, -0.2) is 18.1 Å². The summed E-state index contributed by atoms with van der Waals surface area (Å²) in [6.45, 7) is 1.89. The third kappa shape index (κ3) is 3.70. The zero-order valence-electron chi connectivity index (χ0n) is 10.5. The lowest BCUT2D eigenvalue weighted by molar-refractivity contribution is 0.641. The number of pyridine rings is 1. The quantitative estimate of drug-likeness (QED) is 0.742. The van der Waals surface area contributed by atoms with Gasteiger partial charge in [0.05, 0.1) is 0 Å². The van der Waals surface area contributed by atoms with Gasteiger partial charge in [0.1, 0.15) is 5.82 Å². The summed E-state index contributed by atoms with van der Waals surface area (Å²) < 4.78 is 0. The maximum absolute atomic E-state index is 5.48. The maximum atomic E-state index is 5.48. The van der Waals surface area contributed by atoms with E-state index in [1.807, 2.05) is 0 Å². The Morgan fingerprint density at radius 2 is 2.06 bits per heavy atom. The van der Waals surface area contributed by atoms with Crippen molar-refractivity contribution in [2.24, 2.45) is 5.73 Å². The number of fused-ring (bicyclic) bond motifs is 1. The van der Waals surface area contributed by atoms with Gasteiger partial charge in [-0.3, -0.25) is 0 Å². The Bertz CT molecular complexity index is 349. The van der Waals surface area contributed by atoms with Crippen LogP contribution < -0.4 is 11.1 Å². The Hall–Kier alpha value is -1.09. The Balaban J connectivity index is 1.81. The van der Waals surface area contributed by atoms with E-state index in [1.165, 1.54) is 43.4 Å². The summed E-state index contributed by atoms with van der Waals surface area (Å²) in [5, 5.41) is 3.39. The third-order valence-corrected chi connectivity index (χ3v) is 3.34. The smallest absolute Gasteiger partial charge is 0.129 e. The van der Waals surface area contributed by atoms with Crippen LogP contribution in [0.15, 0.2) is 12.1 Å². The summed E-state index contributed by atoms with van der Waals surface area (Å²) in [4.78, 5) is 4.70. The first kappa shape index (κ1) is 12.4. The van der Waals surface area contributed by atoms with Crippen LogP contribution in [0.1, 0.15) is 43.4 Å². The highest BCUT2D eigenvalue weighted by molar-refractivity contribution is 5.46. The van der Waals surface area contributed by atoms with Crippen molar-refractivity contribution in [2.75, 3.05) is 18.4 Å². The number of rotatable bonds is 6. The monoisotopic (exact) mass is 233 g/mol. The second kappa shape index (κ2) is 6.60. The predicted molar refractivity (Wildman–Crippen MR) is 72.3 cm³/mol. The molecule has 17 heavy (non-hydrogen) atoms. The molecule has 0 radical (unpaired) electrons. The highest BCUT2D eigenvalue weighted by Crippen LogP contribution is 2.20. The molecule has 3 N–H and O–H groups in total. The minimum Gasteiger partial charge on any atom is -0.370 e. The number of hydrogen-bond donors (Lipinski definition) is 2. The minimum atomic E-state index is 0.820. The Morgan fingerprint density at radius 3 is 2.94 bits per heavy atom. The van der Waals surface area contributed by atoms with Gasteiger partial charge in [-0.1, -0.05) is 18.9 Å². The molecule has 0 aliphatic carbocycles. The van der Waals surface area contributed by atoms with Gasteiger partial charge in [0, 0.05) is 12.2 Å². The molecule has 0 saturated carbocycles. The molecule has 0 saturated heterocycles. The van der Waals surface area contributed by atoms with E-state index in [2.05, 4.69) is 17.4 Å². The molecular weight excluding hydrogens is 210 g/mol. The van der Waals surface area contributed by atoms with Crippen molar-refractivity contribution in [3.8, 4) is 0 Å². The van der Waals surface area contributed by atoms with Crippen molar-refractivity contribution in [3.63, 3.8) is 0 Å². The van der Waals surface area contributed by atoms with Gasteiger partial charge in [0.2, 0.25) is 0 Å². The fraction of sp³-hybridized carbons (Fsp3) is 0.643. The molecule has 3 nitrogen and oxygen atoms in total. The fourth-order valence-electron chi connectivity index (χ4n) is 2.31. The molecule has 0 bridgehead atoms. The Labute approximate surface area is 104 Å². The van der Waals surface area contributed by atoms with Crippen LogP contribution in [0.5, 0.6) is 0 Å². The van der Waals surface area contributed by atoms with Gasteiger partial charge in [-0.15, -0.1) is 0 Å². The van der Waals surface area contributed by atoms with Crippen molar-refractivity contribution in [3.05, 3.63) is 23.4 Å². The Kier molecular flexibility index (Phi) is 4.80. The number of anilines is 1. The van der Waals surface area contributed by atoms with Gasteiger partial charge < -0.3 is 11.1 Å². The average molecular weight is 233 g/mol. The molecule has 0 fully saturated rings. The number of aryl methyl sites for hydroxylation is 2. The van der Waals surface area contributed by atoms with E-state index in [4.69, 9.17) is 10.7 Å². The standard InChI is InChI=1S/C14H23N3/c15-10-4-2-1-3-7-13-9-8-12-6-5-11-16-14(12)17-13/h8-9H,1-7,10-11,15H2,(H,16,17). The fourth-order valence-corrected chi connectivity index (χ4v) is 2.31. The van der Waals surface area contributed by atoms with Gasteiger partial charge in [0.15, 0.2) is 0 Å². The molecule has 2 heterocycles. The van der Waals surface area contributed by atoms with Crippen LogP contribution in [0.25, 0.3) is 0 Å². The number of aromatic nitrogens is 1. The molecule has 94 valence electrons. The molecule has 0 amide bonds. The van der Waals surface area contributed by atoms with Gasteiger partial charge >= 0.3 is 0 Å². The summed E-state index contributed by atoms with van der Waals surface area (Å²) >= 11 is 0. The molecular formula is C14H23N3. The predicted octanol–water partition coefficient (Wildman–Crippen LogP) is 2.50. The largest absolute Gasteiger partial charge is 0.370 e. The molecule has 1 aromatic rings. The first-order valence-corrected chi connectivity index (χ1v) is 6.83. The number of hydrogen-bond acceptors (Lipinski definition) is 3. The molecule has 3 heteroatoms. The molecule has 1 aliphatic heterocycles. The lowest BCUT2D eigenvalue weighted by atomic mass is 10.1. The summed E-state index contributed by atoms with van der Waals surface area (Å²) in [6, 6.07) is 4.43. The molecule has 0 unspecified atom stereocenters. The molecule has 1 aromatic heterocycles.